The Morgan fingerprint density at radius 1 is 1.58 bits per heavy atom. The summed E-state index contributed by atoms with van der Waals surface area (Å²) in [5, 5.41) is 0. The van der Waals surface area contributed by atoms with Crippen molar-refractivity contribution in [3.05, 3.63) is 0 Å². The Balaban J connectivity index is 2.60. The molecule has 1 saturated heterocycles. The highest BCUT2D eigenvalue weighted by Crippen LogP contribution is 2.19. The van der Waals surface area contributed by atoms with Crippen LogP contribution in [0.25, 0.3) is 0 Å². The molecule has 2 nitrogen and oxygen atoms in total. The normalized spacial score (nSPS) is 26.2. The fourth-order valence-electron chi connectivity index (χ4n) is 1.59. The van der Waals surface area contributed by atoms with Gasteiger partial charge in [0, 0.05) is 24.1 Å². The zero-order valence-electron chi connectivity index (χ0n) is 8.04. The van der Waals surface area contributed by atoms with Crippen LogP contribution in [0.2, 0.25) is 0 Å². The number of carbonyl (C=O) groups excluding carboxylic acids is 1. The van der Waals surface area contributed by atoms with Crippen LogP contribution >= 0.6 is 11.8 Å². The largest absolute Gasteiger partial charge is 0.298 e. The predicted molar refractivity (Wildman–Crippen MR) is 53.6 cm³/mol. The van der Waals surface area contributed by atoms with E-state index in [9.17, 15) is 4.79 Å². The SMILES string of the molecule is CC(=O)C1CSCCN1C(C)C. The van der Waals surface area contributed by atoms with Crippen molar-refractivity contribution in [3.63, 3.8) is 0 Å². The van der Waals surface area contributed by atoms with Crippen molar-refractivity contribution in [2.45, 2.75) is 32.9 Å². The summed E-state index contributed by atoms with van der Waals surface area (Å²) in [4.78, 5) is 13.6. The molecule has 3 heteroatoms. The van der Waals surface area contributed by atoms with Crippen LogP contribution in [0.15, 0.2) is 0 Å². The Hall–Kier alpha value is -0.0200. The first-order chi connectivity index (χ1) is 5.63. The molecule has 1 aliphatic heterocycles. The highest BCUT2D eigenvalue weighted by atomic mass is 32.2. The number of carbonyl (C=O) groups is 1. The molecule has 0 bridgehead atoms. The first kappa shape index (κ1) is 10.1. The summed E-state index contributed by atoms with van der Waals surface area (Å²) in [5.74, 6) is 2.46. The number of ketones is 1. The highest BCUT2D eigenvalue weighted by molar-refractivity contribution is 7.99. The maximum atomic E-state index is 11.3. The van der Waals surface area contributed by atoms with Gasteiger partial charge in [-0.25, -0.2) is 0 Å². The van der Waals surface area contributed by atoms with Crippen molar-refractivity contribution in [2.24, 2.45) is 0 Å². The number of hydrogen-bond donors (Lipinski definition) is 0. The number of nitrogens with zero attached hydrogens (tertiary/aromatic N) is 1. The van der Waals surface area contributed by atoms with E-state index >= 15 is 0 Å². The third-order valence-corrected chi connectivity index (χ3v) is 3.33. The summed E-state index contributed by atoms with van der Waals surface area (Å²) in [6.45, 7) is 7.08. The minimum Gasteiger partial charge on any atom is -0.298 e. The number of hydrogen-bond acceptors (Lipinski definition) is 3. The molecule has 1 rings (SSSR count). The van der Waals surface area contributed by atoms with Gasteiger partial charge in [-0.05, 0) is 20.8 Å². The molecule has 0 radical (unpaired) electrons. The minimum atomic E-state index is 0.170. The first-order valence-electron chi connectivity index (χ1n) is 4.47. The molecule has 1 aliphatic rings. The fourth-order valence-corrected chi connectivity index (χ4v) is 2.74. The van der Waals surface area contributed by atoms with Gasteiger partial charge in [0.1, 0.15) is 5.78 Å². The van der Waals surface area contributed by atoms with Gasteiger partial charge in [0.05, 0.1) is 6.04 Å². The minimum absolute atomic E-state index is 0.170. The van der Waals surface area contributed by atoms with Crippen LogP contribution in [0.5, 0.6) is 0 Å². The first-order valence-corrected chi connectivity index (χ1v) is 5.62. The molecular weight excluding hydrogens is 170 g/mol. The molecule has 70 valence electrons. The monoisotopic (exact) mass is 187 g/mol. The van der Waals surface area contributed by atoms with Crippen molar-refractivity contribution >= 4 is 17.5 Å². The molecule has 1 fully saturated rings. The van der Waals surface area contributed by atoms with E-state index in [0.717, 1.165) is 12.3 Å². The summed E-state index contributed by atoms with van der Waals surface area (Å²) < 4.78 is 0. The van der Waals surface area contributed by atoms with Crippen molar-refractivity contribution in [1.82, 2.24) is 4.90 Å². The topological polar surface area (TPSA) is 20.3 Å². The van der Waals surface area contributed by atoms with E-state index in [0.29, 0.717) is 11.8 Å². The second kappa shape index (κ2) is 4.28. The average Bonchev–Trinajstić information content (AvgIpc) is 2.04. The highest BCUT2D eigenvalue weighted by Gasteiger charge is 2.27. The van der Waals surface area contributed by atoms with Gasteiger partial charge >= 0.3 is 0 Å². The van der Waals surface area contributed by atoms with Gasteiger partial charge in [-0.2, -0.15) is 11.8 Å². The third-order valence-electron chi connectivity index (χ3n) is 2.30. The molecule has 1 unspecified atom stereocenters. The van der Waals surface area contributed by atoms with Crippen LogP contribution in [-0.4, -0.2) is 40.8 Å². The summed E-state index contributed by atoms with van der Waals surface area (Å²) >= 11 is 1.89. The molecule has 0 N–H and O–H groups in total. The van der Waals surface area contributed by atoms with Crippen LogP contribution in [0, 0.1) is 0 Å². The zero-order chi connectivity index (χ0) is 9.14. The van der Waals surface area contributed by atoms with Crippen LogP contribution in [0.1, 0.15) is 20.8 Å². The molecule has 12 heavy (non-hydrogen) atoms. The van der Waals surface area contributed by atoms with E-state index in [-0.39, 0.29) is 6.04 Å². The summed E-state index contributed by atoms with van der Waals surface area (Å²) in [6.07, 6.45) is 0. The van der Waals surface area contributed by atoms with Crippen molar-refractivity contribution in [1.29, 1.82) is 0 Å². The van der Waals surface area contributed by atoms with Crippen LogP contribution in [0.4, 0.5) is 0 Å². The number of Topliss-reactive ketones (excluding diaryl/α,β-unsaturated/α-hetero) is 1. The van der Waals surface area contributed by atoms with Crippen molar-refractivity contribution in [3.8, 4) is 0 Å². The second-order valence-corrected chi connectivity index (χ2v) is 4.68. The fraction of sp³-hybridized carbons (Fsp3) is 0.889. The van der Waals surface area contributed by atoms with Gasteiger partial charge in [-0.3, -0.25) is 9.69 Å². The van der Waals surface area contributed by atoms with Crippen LogP contribution < -0.4 is 0 Å². The second-order valence-electron chi connectivity index (χ2n) is 3.53. The molecule has 0 saturated carbocycles. The van der Waals surface area contributed by atoms with E-state index in [1.165, 1.54) is 5.75 Å². The third kappa shape index (κ3) is 2.23. The molecule has 0 amide bonds. The quantitative estimate of drug-likeness (QED) is 0.652. The van der Waals surface area contributed by atoms with E-state index < -0.39 is 0 Å². The Kier molecular flexibility index (Phi) is 3.59. The molecule has 0 aromatic carbocycles. The predicted octanol–water partition coefficient (Wildman–Crippen LogP) is 1.40. The van der Waals surface area contributed by atoms with Gasteiger partial charge in [-0.1, -0.05) is 0 Å². The summed E-state index contributed by atoms with van der Waals surface area (Å²) in [6, 6.07) is 0.670. The van der Waals surface area contributed by atoms with Gasteiger partial charge in [0.2, 0.25) is 0 Å². The Morgan fingerprint density at radius 3 is 2.67 bits per heavy atom. The summed E-state index contributed by atoms with van der Waals surface area (Å²) in [5.41, 5.74) is 0. The Morgan fingerprint density at radius 2 is 2.25 bits per heavy atom. The zero-order valence-corrected chi connectivity index (χ0v) is 8.86. The van der Waals surface area contributed by atoms with E-state index in [4.69, 9.17) is 0 Å². The van der Waals surface area contributed by atoms with Gasteiger partial charge in [-0.15, -0.1) is 0 Å². The lowest BCUT2D eigenvalue weighted by molar-refractivity contribution is -0.122. The van der Waals surface area contributed by atoms with Gasteiger partial charge in [0.15, 0.2) is 0 Å². The maximum absolute atomic E-state index is 11.3. The standard InChI is InChI=1S/C9H17NOS/c1-7(2)10-4-5-12-6-9(10)8(3)11/h7,9H,4-6H2,1-3H3. The molecule has 1 atom stereocenters. The summed E-state index contributed by atoms with van der Waals surface area (Å²) in [7, 11) is 0. The number of rotatable bonds is 2. The van der Waals surface area contributed by atoms with E-state index in [1.807, 2.05) is 11.8 Å². The lowest BCUT2D eigenvalue weighted by Crippen LogP contribution is -2.49. The molecule has 0 aromatic rings. The van der Waals surface area contributed by atoms with Crippen molar-refractivity contribution in [2.75, 3.05) is 18.1 Å². The number of thioether (sulfide) groups is 1. The lowest BCUT2D eigenvalue weighted by atomic mass is 10.1. The van der Waals surface area contributed by atoms with E-state index in [2.05, 4.69) is 18.7 Å². The molecular formula is C9H17NOS. The average molecular weight is 187 g/mol. The smallest absolute Gasteiger partial charge is 0.147 e. The Labute approximate surface area is 78.7 Å². The van der Waals surface area contributed by atoms with Gasteiger partial charge < -0.3 is 0 Å². The van der Waals surface area contributed by atoms with Gasteiger partial charge in [0.25, 0.3) is 0 Å². The maximum Gasteiger partial charge on any atom is 0.147 e. The Bertz CT molecular complexity index is 170. The van der Waals surface area contributed by atoms with Crippen molar-refractivity contribution < 1.29 is 4.79 Å². The van der Waals surface area contributed by atoms with Crippen LogP contribution in [-0.2, 0) is 4.79 Å². The molecule has 1 heterocycles. The molecule has 0 aromatic heterocycles. The van der Waals surface area contributed by atoms with E-state index in [1.54, 1.807) is 6.92 Å². The molecule has 0 spiro atoms. The lowest BCUT2D eigenvalue weighted by Gasteiger charge is -2.36. The van der Waals surface area contributed by atoms with Crippen LogP contribution in [0.3, 0.4) is 0 Å². The molecule has 0 aliphatic carbocycles.